The summed E-state index contributed by atoms with van der Waals surface area (Å²) in [5.41, 5.74) is 0.857. The van der Waals surface area contributed by atoms with Crippen LogP contribution in [0.4, 0.5) is 0 Å². The molecule has 1 aliphatic rings. The van der Waals surface area contributed by atoms with Gasteiger partial charge in [0.05, 0.1) is 4.83 Å². The Hall–Kier alpha value is -3.50. The van der Waals surface area contributed by atoms with Crippen LogP contribution in [0.3, 0.4) is 0 Å². The highest BCUT2D eigenvalue weighted by Gasteiger charge is 2.35. The van der Waals surface area contributed by atoms with Gasteiger partial charge in [0, 0.05) is 12.8 Å². The second kappa shape index (κ2) is 59.1. The molecule has 1 aromatic carbocycles. The molecule has 1 aromatic rings. The number of halogens is 3. The Kier molecular flexibility index (Phi) is 63.1. The van der Waals surface area contributed by atoms with Crippen LogP contribution >= 0.6 is 47.8 Å². The number of esters is 5. The molecule has 0 spiro atoms. The summed E-state index contributed by atoms with van der Waals surface area (Å²) in [4.78, 5) is 89.1. The van der Waals surface area contributed by atoms with E-state index in [1.807, 2.05) is 30.3 Å². The minimum atomic E-state index is -1.18. The Labute approximate surface area is 499 Å². The molecule has 18 nitrogen and oxygen atoms in total. The first-order valence-corrected chi connectivity index (χ1v) is 30.5. The van der Waals surface area contributed by atoms with Gasteiger partial charge in [-0.15, -0.1) is 0 Å². The molecule has 462 valence electrons. The quantitative estimate of drug-likeness (QED) is 0.0122. The molecule has 1 saturated heterocycles. The lowest BCUT2D eigenvalue weighted by atomic mass is 10.1. The number of cyclic esters (lactones) is 2. The first-order chi connectivity index (χ1) is 37.1. The number of hydrogen-bond donors (Lipinski definition) is 2. The number of rotatable bonds is 35. The van der Waals surface area contributed by atoms with Gasteiger partial charge in [-0.2, -0.15) is 0 Å². The van der Waals surface area contributed by atoms with E-state index in [4.69, 9.17) is 33.5 Å². The zero-order valence-electron chi connectivity index (χ0n) is 48.7. The Balaban J connectivity index is -0.000000292. The molecule has 0 aliphatic carbocycles. The molecule has 1 fully saturated rings. The fourth-order valence-corrected chi connectivity index (χ4v) is 6.38. The van der Waals surface area contributed by atoms with Crippen molar-refractivity contribution < 1.29 is 81.7 Å². The van der Waals surface area contributed by atoms with Crippen LogP contribution in [0.1, 0.15) is 218 Å². The van der Waals surface area contributed by atoms with E-state index in [9.17, 15) is 43.5 Å². The van der Waals surface area contributed by atoms with Crippen molar-refractivity contribution in [2.45, 2.75) is 265 Å². The summed E-state index contributed by atoms with van der Waals surface area (Å²) in [6.45, 7) is 25.7. The molecule has 0 radical (unpaired) electrons. The van der Waals surface area contributed by atoms with E-state index in [1.54, 1.807) is 13.8 Å². The molecule has 1 aliphatic heterocycles. The maximum Gasteiger partial charge on any atom is 0.348 e. The molecular weight excluding hydrogens is 1220 g/mol. The number of nitrogens with zero attached hydrogens (tertiary/aromatic N) is 1. The number of ether oxygens (including phenoxy) is 7. The van der Waals surface area contributed by atoms with Crippen LogP contribution in [0.2, 0.25) is 0 Å². The molecule has 2 N–H and O–H groups in total. The molecule has 0 aromatic heterocycles. The Bertz CT molecular complexity index is 1650. The van der Waals surface area contributed by atoms with Crippen LogP contribution in [-0.2, 0) is 78.1 Å². The SMILES string of the molecule is C.CC(Br)C(=O)Br.CCCCCCC(O)C(=O)OC(C)C(=O)OCc1ccccc1.CCCCCCC(O)OC=O.CCCCCCC(OC=O)OC(=O)C(C)Br.CCCCCCC1OC(=O)C(C)OC1=O.CCN(CC)CC. The summed E-state index contributed by atoms with van der Waals surface area (Å²) < 4.78 is 33.9. The minimum absolute atomic E-state index is 0. The summed E-state index contributed by atoms with van der Waals surface area (Å²) in [7, 11) is 0. The first-order valence-electron chi connectivity index (χ1n) is 27.9. The van der Waals surface area contributed by atoms with Gasteiger partial charge in [-0.3, -0.25) is 19.2 Å². The van der Waals surface area contributed by atoms with Gasteiger partial charge in [0.1, 0.15) is 11.4 Å². The maximum atomic E-state index is 11.8. The van der Waals surface area contributed by atoms with E-state index >= 15 is 0 Å². The topological polar surface area (TPSA) is 245 Å². The second-order valence-electron chi connectivity index (χ2n) is 18.0. The average Bonchev–Trinajstić information content (AvgIpc) is 3.41. The van der Waals surface area contributed by atoms with Crippen LogP contribution in [0.15, 0.2) is 30.3 Å². The predicted molar refractivity (Wildman–Crippen MR) is 319 cm³/mol. The number of aliphatic hydroxyl groups excluding tert-OH is 2. The Morgan fingerprint density at radius 1 is 0.620 bits per heavy atom. The van der Waals surface area contributed by atoms with E-state index < -0.39 is 66.8 Å². The van der Waals surface area contributed by atoms with Crippen molar-refractivity contribution in [1.29, 1.82) is 0 Å². The monoisotopic (exact) mass is 1320 g/mol. The number of carbonyl (C=O) groups is 8. The lowest BCUT2D eigenvalue weighted by molar-refractivity contribution is -0.193. The van der Waals surface area contributed by atoms with Gasteiger partial charge in [0.2, 0.25) is 11.0 Å². The standard InChI is InChI=1S/C18H26O5.C11H19BrO4.C11H18O4.C8H16O3.C6H15N.C3H4Br2O.CH4/c1-3-4-5-9-12-16(19)18(21)23-14(2)17(20)22-13-15-10-7-6-8-11-15;1-3-4-5-6-7-10(15-8-13)16-11(14)9(2)12;1-3-4-5-6-7-9-11(13)14-8(2)10(12)15-9;1-2-3-4-5-6-8(10)11-7-9;1-4-7(5-2)6-3;1-2(4)3(5)6;/h6-8,10-11,14,16,19H,3-5,9,12-13H2,1-2H3;8-10H,3-7H2,1-2H3;8-9H,3-7H2,1-2H3;7-8,10H,2-6H2,1H3;4-6H2,1-3H3;2H,1H3;1H4. The molecule has 0 amide bonds. The summed E-state index contributed by atoms with van der Waals surface area (Å²) in [5.74, 6) is -2.65. The normalized spacial score (nSPS) is 15.3. The van der Waals surface area contributed by atoms with Crippen molar-refractivity contribution in [3.63, 3.8) is 0 Å². The largest absolute Gasteiger partial charge is 0.458 e. The number of hydrogen-bond acceptors (Lipinski definition) is 18. The van der Waals surface area contributed by atoms with Crippen molar-refractivity contribution >= 4 is 95.3 Å². The smallest absolute Gasteiger partial charge is 0.348 e. The summed E-state index contributed by atoms with van der Waals surface area (Å²) in [6.07, 6.45) is 13.5. The summed E-state index contributed by atoms with van der Waals surface area (Å²) in [6, 6.07) is 9.24. The van der Waals surface area contributed by atoms with E-state index in [0.29, 0.717) is 32.2 Å². The minimum Gasteiger partial charge on any atom is -0.458 e. The predicted octanol–water partition coefficient (Wildman–Crippen LogP) is 12.7. The molecule has 0 saturated carbocycles. The van der Waals surface area contributed by atoms with Crippen molar-refractivity contribution in [2.24, 2.45) is 0 Å². The highest BCUT2D eigenvalue weighted by atomic mass is 79.9. The van der Waals surface area contributed by atoms with Crippen LogP contribution in [0.5, 0.6) is 0 Å². The molecule has 21 heteroatoms. The molecule has 2 rings (SSSR count). The first kappa shape index (κ1) is 84.3. The number of alkyl halides is 2. The molecule has 1 heterocycles. The lowest BCUT2D eigenvalue weighted by Crippen LogP contribution is -2.42. The van der Waals surface area contributed by atoms with Gasteiger partial charge in [0.15, 0.2) is 30.7 Å². The van der Waals surface area contributed by atoms with E-state index in [-0.39, 0.29) is 34.9 Å². The molecular formula is C58H102Br3NO17. The van der Waals surface area contributed by atoms with Gasteiger partial charge in [-0.05, 0) is 101 Å². The second-order valence-corrected chi connectivity index (χ2v) is 21.6. The summed E-state index contributed by atoms with van der Waals surface area (Å²) in [5, 5.41) is 18.6. The fourth-order valence-electron chi connectivity index (χ4n) is 6.27. The zero-order valence-corrected chi connectivity index (χ0v) is 53.5. The van der Waals surface area contributed by atoms with Crippen molar-refractivity contribution in [2.75, 3.05) is 19.6 Å². The zero-order chi connectivity index (χ0) is 60.1. The highest BCUT2D eigenvalue weighted by molar-refractivity contribution is 9.20. The third kappa shape index (κ3) is 53.6. The Morgan fingerprint density at radius 2 is 1.09 bits per heavy atom. The number of benzene rings is 1. The molecule has 0 bridgehead atoms. The van der Waals surface area contributed by atoms with E-state index in [0.717, 1.165) is 95.5 Å². The molecule has 8 atom stereocenters. The number of carbonyl (C=O) groups excluding carboxylic acids is 8. The van der Waals surface area contributed by atoms with E-state index in [1.165, 1.54) is 46.3 Å². The van der Waals surface area contributed by atoms with Crippen LogP contribution in [0, 0.1) is 0 Å². The van der Waals surface area contributed by atoms with Crippen molar-refractivity contribution in [3.8, 4) is 0 Å². The van der Waals surface area contributed by atoms with Crippen LogP contribution in [0.25, 0.3) is 0 Å². The molecule has 79 heavy (non-hydrogen) atoms. The average molecular weight is 1330 g/mol. The van der Waals surface area contributed by atoms with Gasteiger partial charge >= 0.3 is 29.8 Å². The lowest BCUT2D eigenvalue weighted by Gasteiger charge is -2.25. The van der Waals surface area contributed by atoms with Gasteiger partial charge in [0.25, 0.3) is 12.9 Å². The maximum absolute atomic E-state index is 11.8. The number of aliphatic hydroxyl groups is 2. The fraction of sp³-hybridized carbons (Fsp3) is 0.759. The van der Waals surface area contributed by atoms with Crippen LogP contribution in [-0.4, -0.2) is 129 Å². The van der Waals surface area contributed by atoms with Crippen molar-refractivity contribution in [1.82, 2.24) is 4.90 Å². The number of unbranched alkanes of at least 4 members (excludes halogenated alkanes) is 12. The molecule has 8 unspecified atom stereocenters. The third-order valence-corrected chi connectivity index (χ3v) is 13.3. The van der Waals surface area contributed by atoms with Crippen LogP contribution < -0.4 is 0 Å². The third-order valence-electron chi connectivity index (χ3n) is 11.2. The summed E-state index contributed by atoms with van der Waals surface area (Å²) >= 11 is 8.89. The Morgan fingerprint density at radius 3 is 1.52 bits per heavy atom. The van der Waals surface area contributed by atoms with E-state index in [2.05, 4.69) is 106 Å². The van der Waals surface area contributed by atoms with Crippen molar-refractivity contribution in [3.05, 3.63) is 35.9 Å². The van der Waals surface area contributed by atoms with Gasteiger partial charge in [-0.1, -0.05) is 202 Å². The van der Waals surface area contributed by atoms with Gasteiger partial charge in [-0.25, -0.2) is 19.2 Å². The van der Waals surface area contributed by atoms with Gasteiger partial charge < -0.3 is 48.3 Å². The highest BCUT2D eigenvalue weighted by Crippen LogP contribution is 2.17.